The molecule has 0 heterocycles. The summed E-state index contributed by atoms with van der Waals surface area (Å²) in [6, 6.07) is 4.10. The van der Waals surface area contributed by atoms with Crippen LogP contribution in [-0.4, -0.2) is 12.5 Å². The third-order valence-electron chi connectivity index (χ3n) is 2.71. The van der Waals surface area contributed by atoms with Gasteiger partial charge in [-0.25, -0.2) is 4.39 Å². The Labute approximate surface area is 112 Å². The van der Waals surface area contributed by atoms with Gasteiger partial charge in [0.25, 0.3) is 0 Å². The van der Waals surface area contributed by atoms with Crippen molar-refractivity contribution < 1.29 is 9.18 Å². The van der Waals surface area contributed by atoms with Crippen molar-refractivity contribution >= 4 is 23.2 Å². The average molecular weight is 273 g/mol. The highest BCUT2D eigenvalue weighted by molar-refractivity contribution is 6.31. The van der Waals surface area contributed by atoms with Crippen LogP contribution in [0, 0.1) is 11.7 Å². The van der Waals surface area contributed by atoms with Crippen LogP contribution in [-0.2, 0) is 4.79 Å². The Morgan fingerprint density at radius 3 is 2.83 bits per heavy atom. The minimum absolute atomic E-state index is 0.00302. The van der Waals surface area contributed by atoms with E-state index in [1.165, 1.54) is 18.2 Å². The van der Waals surface area contributed by atoms with Crippen LogP contribution in [0.2, 0.25) is 5.02 Å². The zero-order chi connectivity index (χ0) is 13.5. The van der Waals surface area contributed by atoms with Crippen molar-refractivity contribution in [2.75, 3.05) is 11.9 Å². The highest BCUT2D eigenvalue weighted by atomic mass is 35.5. The van der Waals surface area contributed by atoms with E-state index in [0.29, 0.717) is 18.7 Å². The molecule has 0 bridgehead atoms. The first kappa shape index (κ1) is 14.9. The molecule has 1 aromatic rings. The van der Waals surface area contributed by atoms with E-state index in [1.54, 1.807) is 0 Å². The molecular weight excluding hydrogens is 255 g/mol. The summed E-state index contributed by atoms with van der Waals surface area (Å²) in [6.07, 6.45) is 2.30. The minimum atomic E-state index is -0.500. The van der Waals surface area contributed by atoms with Crippen LogP contribution >= 0.6 is 11.6 Å². The number of rotatable bonds is 6. The van der Waals surface area contributed by atoms with Crippen LogP contribution in [0.15, 0.2) is 18.2 Å². The van der Waals surface area contributed by atoms with Gasteiger partial charge >= 0.3 is 0 Å². The van der Waals surface area contributed by atoms with E-state index in [-0.39, 0.29) is 16.8 Å². The Morgan fingerprint density at radius 1 is 1.56 bits per heavy atom. The third kappa shape index (κ3) is 4.63. The summed E-state index contributed by atoms with van der Waals surface area (Å²) in [5.74, 6) is -0.437. The van der Waals surface area contributed by atoms with E-state index in [4.69, 9.17) is 17.3 Å². The second kappa shape index (κ2) is 7.34. The number of hydrogen-bond acceptors (Lipinski definition) is 2. The molecule has 100 valence electrons. The molecule has 0 spiro atoms. The molecule has 3 N–H and O–H groups in total. The van der Waals surface area contributed by atoms with Crippen molar-refractivity contribution in [2.24, 2.45) is 11.7 Å². The molecule has 18 heavy (non-hydrogen) atoms. The maximum Gasteiger partial charge on any atom is 0.224 e. The van der Waals surface area contributed by atoms with Crippen LogP contribution < -0.4 is 11.1 Å². The summed E-state index contributed by atoms with van der Waals surface area (Å²) in [4.78, 5) is 11.7. The standard InChI is InChI=1S/C13H18ClFN2O/c1-2-3-9(8-16)6-13(18)17-10-4-5-12(15)11(14)7-10/h4-5,7,9H,2-3,6,8,16H2,1H3,(H,17,18). The van der Waals surface area contributed by atoms with Gasteiger partial charge < -0.3 is 11.1 Å². The number of carbonyl (C=O) groups excluding carboxylic acids is 1. The maximum atomic E-state index is 12.9. The molecule has 5 heteroatoms. The molecule has 3 nitrogen and oxygen atoms in total. The van der Waals surface area contributed by atoms with Gasteiger partial charge in [0.2, 0.25) is 5.91 Å². The van der Waals surface area contributed by atoms with Gasteiger partial charge in [-0.3, -0.25) is 4.79 Å². The zero-order valence-corrected chi connectivity index (χ0v) is 11.1. The Morgan fingerprint density at radius 2 is 2.28 bits per heavy atom. The SMILES string of the molecule is CCCC(CN)CC(=O)Nc1ccc(F)c(Cl)c1. The average Bonchev–Trinajstić information content (AvgIpc) is 2.33. The van der Waals surface area contributed by atoms with E-state index in [2.05, 4.69) is 12.2 Å². The summed E-state index contributed by atoms with van der Waals surface area (Å²) in [7, 11) is 0. The first-order chi connectivity index (χ1) is 8.56. The fourth-order valence-electron chi connectivity index (χ4n) is 1.76. The second-order valence-corrected chi connectivity index (χ2v) is 4.68. The van der Waals surface area contributed by atoms with Crippen LogP contribution in [0.5, 0.6) is 0 Å². The lowest BCUT2D eigenvalue weighted by Gasteiger charge is -2.13. The first-order valence-electron chi connectivity index (χ1n) is 6.01. The molecule has 0 aliphatic heterocycles. The van der Waals surface area contributed by atoms with Crippen LogP contribution in [0.3, 0.4) is 0 Å². The van der Waals surface area contributed by atoms with Crippen molar-refractivity contribution in [1.29, 1.82) is 0 Å². The van der Waals surface area contributed by atoms with Gasteiger partial charge in [0, 0.05) is 12.1 Å². The molecule has 1 rings (SSSR count). The lowest BCUT2D eigenvalue weighted by molar-refractivity contribution is -0.117. The Balaban J connectivity index is 2.55. The lowest BCUT2D eigenvalue weighted by Crippen LogP contribution is -2.22. The van der Waals surface area contributed by atoms with Crippen molar-refractivity contribution in [1.82, 2.24) is 0 Å². The van der Waals surface area contributed by atoms with Gasteiger partial charge in [0.1, 0.15) is 5.82 Å². The number of nitrogens with two attached hydrogens (primary N) is 1. The Bertz CT molecular complexity index is 412. The summed E-state index contributed by atoms with van der Waals surface area (Å²) < 4.78 is 12.9. The number of benzene rings is 1. The number of carbonyl (C=O) groups is 1. The van der Waals surface area contributed by atoms with Crippen molar-refractivity contribution in [3.05, 3.63) is 29.0 Å². The molecule has 0 aliphatic rings. The molecule has 0 fully saturated rings. The van der Waals surface area contributed by atoms with Gasteiger partial charge in [-0.2, -0.15) is 0 Å². The van der Waals surface area contributed by atoms with Gasteiger partial charge in [-0.15, -0.1) is 0 Å². The highest BCUT2D eigenvalue weighted by Gasteiger charge is 2.12. The lowest BCUT2D eigenvalue weighted by atomic mass is 10.00. The summed E-state index contributed by atoms with van der Waals surface area (Å²) in [6.45, 7) is 2.55. The summed E-state index contributed by atoms with van der Waals surface area (Å²) in [5, 5.41) is 2.68. The number of nitrogens with one attached hydrogen (secondary N) is 1. The minimum Gasteiger partial charge on any atom is -0.330 e. The topological polar surface area (TPSA) is 55.1 Å². The first-order valence-corrected chi connectivity index (χ1v) is 6.39. The van der Waals surface area contributed by atoms with E-state index in [0.717, 1.165) is 12.8 Å². The quantitative estimate of drug-likeness (QED) is 0.836. The largest absolute Gasteiger partial charge is 0.330 e. The molecular formula is C13H18ClFN2O. The van der Waals surface area contributed by atoms with Crippen molar-refractivity contribution in [3.63, 3.8) is 0 Å². The molecule has 1 aromatic carbocycles. The molecule has 1 amide bonds. The van der Waals surface area contributed by atoms with Crippen LogP contribution in [0.4, 0.5) is 10.1 Å². The number of hydrogen-bond donors (Lipinski definition) is 2. The predicted molar refractivity (Wildman–Crippen MR) is 72.1 cm³/mol. The van der Waals surface area contributed by atoms with E-state index in [9.17, 15) is 9.18 Å². The fraction of sp³-hybridized carbons (Fsp3) is 0.462. The zero-order valence-electron chi connectivity index (χ0n) is 10.4. The van der Waals surface area contributed by atoms with E-state index < -0.39 is 5.82 Å². The van der Waals surface area contributed by atoms with E-state index >= 15 is 0 Å². The normalized spacial score (nSPS) is 12.2. The smallest absolute Gasteiger partial charge is 0.224 e. The van der Waals surface area contributed by atoms with Gasteiger partial charge in [-0.1, -0.05) is 24.9 Å². The summed E-state index contributed by atoms with van der Waals surface area (Å²) in [5.41, 5.74) is 6.09. The van der Waals surface area contributed by atoms with Crippen LogP contribution in [0.25, 0.3) is 0 Å². The third-order valence-corrected chi connectivity index (χ3v) is 3.00. The second-order valence-electron chi connectivity index (χ2n) is 4.27. The number of halogens is 2. The Kier molecular flexibility index (Phi) is 6.09. The molecule has 0 saturated heterocycles. The molecule has 0 saturated carbocycles. The number of anilines is 1. The Hall–Kier alpha value is -1.13. The van der Waals surface area contributed by atoms with Gasteiger partial charge in [0.05, 0.1) is 5.02 Å². The van der Waals surface area contributed by atoms with Crippen molar-refractivity contribution in [2.45, 2.75) is 26.2 Å². The monoisotopic (exact) mass is 272 g/mol. The molecule has 0 radical (unpaired) electrons. The molecule has 0 aromatic heterocycles. The van der Waals surface area contributed by atoms with E-state index in [1.807, 2.05) is 0 Å². The maximum absolute atomic E-state index is 12.9. The molecule has 0 aliphatic carbocycles. The highest BCUT2D eigenvalue weighted by Crippen LogP contribution is 2.20. The predicted octanol–water partition coefficient (Wildman–Crippen LogP) is 3.18. The molecule has 1 atom stereocenters. The fourth-order valence-corrected chi connectivity index (χ4v) is 1.94. The summed E-state index contributed by atoms with van der Waals surface area (Å²) >= 11 is 5.63. The van der Waals surface area contributed by atoms with Gasteiger partial charge in [0.15, 0.2) is 0 Å². The number of amides is 1. The van der Waals surface area contributed by atoms with Crippen molar-refractivity contribution in [3.8, 4) is 0 Å². The van der Waals surface area contributed by atoms with Crippen LogP contribution in [0.1, 0.15) is 26.2 Å². The van der Waals surface area contributed by atoms with Gasteiger partial charge in [-0.05, 0) is 37.1 Å². The molecule has 1 unspecified atom stereocenters.